The van der Waals surface area contributed by atoms with Crippen LogP contribution in [0.4, 0.5) is 0 Å². The highest BCUT2D eigenvalue weighted by molar-refractivity contribution is 7.18. The lowest BCUT2D eigenvalue weighted by atomic mass is 9.88. The fourth-order valence-electron chi connectivity index (χ4n) is 4.25. The Labute approximate surface area is 166 Å². The second-order valence-electron chi connectivity index (χ2n) is 7.63. The van der Waals surface area contributed by atoms with Gasteiger partial charge in [0.25, 0.3) is 5.91 Å². The first kappa shape index (κ1) is 17.4. The number of para-hydroxylation sites is 1. The summed E-state index contributed by atoms with van der Waals surface area (Å²) in [7, 11) is 0. The van der Waals surface area contributed by atoms with Gasteiger partial charge >= 0.3 is 5.97 Å². The number of ether oxygens (including phenoxy) is 1. The third-order valence-electron chi connectivity index (χ3n) is 5.64. The van der Waals surface area contributed by atoms with Gasteiger partial charge in [-0.1, -0.05) is 30.3 Å². The Bertz CT molecular complexity index is 1060. The molecule has 3 aromatic rings. The van der Waals surface area contributed by atoms with E-state index in [-0.39, 0.29) is 11.9 Å². The SMILES string of the molecule is C[C@@]1(C(=O)N2CCC[C@@H]2c2nc3ccccc3s2)Cc2ccccc2C(=O)O1. The summed E-state index contributed by atoms with van der Waals surface area (Å²) in [6, 6.07) is 15.3. The largest absolute Gasteiger partial charge is 0.445 e. The Morgan fingerprint density at radius 2 is 2.00 bits per heavy atom. The van der Waals surface area contributed by atoms with Crippen LogP contribution in [-0.4, -0.2) is 33.9 Å². The first-order valence-corrected chi connectivity index (χ1v) is 10.3. The maximum atomic E-state index is 13.5. The van der Waals surface area contributed by atoms with E-state index in [0.717, 1.165) is 33.6 Å². The van der Waals surface area contributed by atoms with E-state index in [1.54, 1.807) is 24.3 Å². The van der Waals surface area contributed by atoms with E-state index >= 15 is 0 Å². The van der Waals surface area contributed by atoms with Crippen LogP contribution >= 0.6 is 11.3 Å². The zero-order chi connectivity index (χ0) is 19.3. The number of benzene rings is 2. The highest BCUT2D eigenvalue weighted by Gasteiger charge is 2.47. The van der Waals surface area contributed by atoms with Gasteiger partial charge in [-0.15, -0.1) is 11.3 Å². The molecule has 0 saturated carbocycles. The molecule has 142 valence electrons. The van der Waals surface area contributed by atoms with Crippen molar-refractivity contribution in [1.82, 2.24) is 9.88 Å². The van der Waals surface area contributed by atoms with E-state index < -0.39 is 11.6 Å². The molecule has 0 aliphatic carbocycles. The number of carbonyl (C=O) groups excluding carboxylic acids is 2. The van der Waals surface area contributed by atoms with Crippen LogP contribution in [0.5, 0.6) is 0 Å². The van der Waals surface area contributed by atoms with Crippen molar-refractivity contribution >= 4 is 33.4 Å². The van der Waals surface area contributed by atoms with Crippen LogP contribution < -0.4 is 0 Å². The minimum absolute atomic E-state index is 0.0578. The molecule has 0 bridgehead atoms. The smallest absolute Gasteiger partial charge is 0.339 e. The standard InChI is InChI=1S/C22H20N2O3S/c1-22(13-14-7-2-3-8-15(14)20(25)27-22)21(26)24-12-6-10-17(24)19-23-16-9-4-5-11-18(16)28-19/h2-5,7-9,11,17H,6,10,12-13H2,1H3/t17-,22+/m1/s1. The van der Waals surface area contributed by atoms with Gasteiger partial charge in [0.1, 0.15) is 5.01 Å². The summed E-state index contributed by atoms with van der Waals surface area (Å²) in [4.78, 5) is 32.6. The number of thiazole rings is 1. The fraction of sp³-hybridized carbons (Fsp3) is 0.318. The average molecular weight is 392 g/mol. The first-order valence-electron chi connectivity index (χ1n) is 9.53. The van der Waals surface area contributed by atoms with E-state index in [1.165, 1.54) is 0 Å². The molecule has 6 heteroatoms. The van der Waals surface area contributed by atoms with Crippen molar-refractivity contribution in [2.45, 2.75) is 37.8 Å². The van der Waals surface area contributed by atoms with Crippen LogP contribution in [0.1, 0.15) is 46.7 Å². The molecular weight excluding hydrogens is 372 g/mol. The van der Waals surface area contributed by atoms with E-state index in [2.05, 4.69) is 6.07 Å². The third-order valence-corrected chi connectivity index (χ3v) is 6.78. The van der Waals surface area contributed by atoms with Gasteiger partial charge in [-0.2, -0.15) is 0 Å². The van der Waals surface area contributed by atoms with Gasteiger partial charge in [0, 0.05) is 13.0 Å². The zero-order valence-electron chi connectivity index (χ0n) is 15.6. The maximum absolute atomic E-state index is 13.5. The highest BCUT2D eigenvalue weighted by Crippen LogP contribution is 2.39. The van der Waals surface area contributed by atoms with Crippen LogP contribution in [0, 0.1) is 0 Å². The Kier molecular flexibility index (Phi) is 3.98. The van der Waals surface area contributed by atoms with Gasteiger partial charge in [-0.3, -0.25) is 4.79 Å². The van der Waals surface area contributed by atoms with Crippen molar-refractivity contribution in [3.63, 3.8) is 0 Å². The molecule has 1 aromatic heterocycles. The molecule has 1 amide bonds. The number of fused-ring (bicyclic) bond motifs is 2. The van der Waals surface area contributed by atoms with Gasteiger partial charge in [0.15, 0.2) is 5.60 Å². The quantitative estimate of drug-likeness (QED) is 0.615. The molecule has 0 unspecified atom stereocenters. The van der Waals surface area contributed by atoms with Crippen molar-refractivity contribution < 1.29 is 14.3 Å². The molecule has 2 aliphatic heterocycles. The van der Waals surface area contributed by atoms with Crippen LogP contribution in [-0.2, 0) is 16.0 Å². The summed E-state index contributed by atoms with van der Waals surface area (Å²) in [5.74, 6) is -0.550. The molecule has 0 radical (unpaired) electrons. The molecule has 2 aliphatic rings. The van der Waals surface area contributed by atoms with Crippen LogP contribution in [0.3, 0.4) is 0 Å². The lowest BCUT2D eigenvalue weighted by molar-refractivity contribution is -0.152. The topological polar surface area (TPSA) is 59.5 Å². The van der Waals surface area contributed by atoms with Crippen LogP contribution in [0.2, 0.25) is 0 Å². The molecule has 5 rings (SSSR count). The van der Waals surface area contributed by atoms with Crippen molar-refractivity contribution in [2.75, 3.05) is 6.54 Å². The van der Waals surface area contributed by atoms with Gasteiger partial charge in [0.05, 0.1) is 21.8 Å². The van der Waals surface area contributed by atoms with Crippen LogP contribution in [0.25, 0.3) is 10.2 Å². The Balaban J connectivity index is 1.46. The molecule has 5 nitrogen and oxygen atoms in total. The second-order valence-corrected chi connectivity index (χ2v) is 8.69. The van der Waals surface area contributed by atoms with Crippen LogP contribution in [0.15, 0.2) is 48.5 Å². The maximum Gasteiger partial charge on any atom is 0.339 e. The van der Waals surface area contributed by atoms with Crippen molar-refractivity contribution in [1.29, 1.82) is 0 Å². The van der Waals surface area contributed by atoms with Gasteiger partial charge in [-0.25, -0.2) is 9.78 Å². The normalized spacial score (nSPS) is 24.2. The molecule has 0 spiro atoms. The number of amides is 1. The number of hydrogen-bond donors (Lipinski definition) is 0. The molecular formula is C22H20N2O3S. The number of rotatable bonds is 2. The number of carbonyl (C=O) groups is 2. The van der Waals surface area contributed by atoms with Crippen molar-refractivity contribution in [2.24, 2.45) is 0 Å². The van der Waals surface area contributed by atoms with Gasteiger partial charge in [0.2, 0.25) is 0 Å². The monoisotopic (exact) mass is 392 g/mol. The van der Waals surface area contributed by atoms with Gasteiger partial charge in [-0.05, 0) is 43.5 Å². The van der Waals surface area contributed by atoms with Crippen molar-refractivity contribution in [3.8, 4) is 0 Å². The van der Waals surface area contributed by atoms with E-state index in [9.17, 15) is 9.59 Å². The fourth-order valence-corrected chi connectivity index (χ4v) is 5.37. The number of cyclic esters (lactones) is 1. The van der Waals surface area contributed by atoms with Crippen molar-refractivity contribution in [3.05, 3.63) is 64.7 Å². The average Bonchev–Trinajstić information content (AvgIpc) is 3.33. The number of likely N-dealkylation sites (tertiary alicyclic amines) is 1. The lowest BCUT2D eigenvalue weighted by Gasteiger charge is -2.37. The Morgan fingerprint density at radius 1 is 1.21 bits per heavy atom. The van der Waals surface area contributed by atoms with Gasteiger partial charge < -0.3 is 9.64 Å². The number of esters is 1. The highest BCUT2D eigenvalue weighted by atomic mass is 32.1. The molecule has 1 fully saturated rings. The summed E-state index contributed by atoms with van der Waals surface area (Å²) in [5, 5.41) is 0.957. The third kappa shape index (κ3) is 2.71. The first-order chi connectivity index (χ1) is 13.5. The predicted molar refractivity (Wildman–Crippen MR) is 107 cm³/mol. The summed E-state index contributed by atoms with van der Waals surface area (Å²) in [6.45, 7) is 2.39. The molecule has 1 saturated heterocycles. The predicted octanol–water partition coefficient (Wildman–Crippen LogP) is 4.13. The van der Waals surface area contributed by atoms with E-state index in [1.807, 2.05) is 41.3 Å². The van der Waals surface area contributed by atoms with E-state index in [4.69, 9.17) is 9.72 Å². The number of aromatic nitrogens is 1. The van der Waals surface area contributed by atoms with E-state index in [0.29, 0.717) is 18.5 Å². The Hall–Kier alpha value is -2.73. The Morgan fingerprint density at radius 3 is 2.86 bits per heavy atom. The zero-order valence-corrected chi connectivity index (χ0v) is 16.4. The minimum Gasteiger partial charge on any atom is -0.445 e. The summed E-state index contributed by atoms with van der Waals surface area (Å²) >= 11 is 1.64. The molecule has 2 aromatic carbocycles. The molecule has 3 heterocycles. The number of nitrogens with zero attached hydrogens (tertiary/aromatic N) is 2. The molecule has 2 atom stereocenters. The second kappa shape index (κ2) is 6.41. The molecule has 28 heavy (non-hydrogen) atoms. The number of hydrogen-bond acceptors (Lipinski definition) is 5. The minimum atomic E-state index is -1.18. The molecule has 0 N–H and O–H groups in total. The summed E-state index contributed by atoms with van der Waals surface area (Å²) in [5.41, 5.74) is 1.21. The summed E-state index contributed by atoms with van der Waals surface area (Å²) < 4.78 is 6.80. The summed E-state index contributed by atoms with van der Waals surface area (Å²) in [6.07, 6.45) is 2.20. The lowest BCUT2D eigenvalue weighted by Crippen LogP contribution is -2.53.